The number of halogens is 2. The molecule has 1 unspecified atom stereocenters. The zero-order chi connectivity index (χ0) is 22.9. The van der Waals surface area contributed by atoms with Gasteiger partial charge in [-0.05, 0) is 48.4 Å². The van der Waals surface area contributed by atoms with Gasteiger partial charge in [-0.2, -0.15) is 0 Å². The Labute approximate surface area is 192 Å². The second-order valence-corrected chi connectivity index (χ2v) is 9.12. The molecular weight excluding hydrogens is 446 g/mol. The fraction of sp³-hybridized carbons (Fsp3) is 0.208. The predicted molar refractivity (Wildman–Crippen MR) is 120 cm³/mol. The Kier molecular flexibility index (Phi) is 5.63. The molecule has 1 saturated heterocycles. The van der Waals surface area contributed by atoms with Crippen LogP contribution >= 0.6 is 11.3 Å². The summed E-state index contributed by atoms with van der Waals surface area (Å²) in [5.74, 6) is -2.00. The Bertz CT molecular complexity index is 1330. The number of fused-ring (bicyclic) bond motifs is 1. The molecular formula is C24H20F2N4O2S. The lowest BCUT2D eigenvalue weighted by Gasteiger charge is -2.16. The Hall–Kier alpha value is -3.59. The predicted octanol–water partition coefficient (Wildman–Crippen LogP) is 4.23. The summed E-state index contributed by atoms with van der Waals surface area (Å²) in [4.78, 5) is 32.7. The lowest BCUT2D eigenvalue weighted by molar-refractivity contribution is 0.0789. The van der Waals surface area contributed by atoms with Crippen LogP contribution in [0.3, 0.4) is 0 Å². The number of thiophene rings is 1. The zero-order valence-corrected chi connectivity index (χ0v) is 18.3. The van der Waals surface area contributed by atoms with Crippen LogP contribution in [0, 0.1) is 11.6 Å². The van der Waals surface area contributed by atoms with Gasteiger partial charge in [0.05, 0.1) is 4.88 Å². The largest absolute Gasteiger partial charge is 0.347 e. The Balaban J connectivity index is 1.20. The number of amides is 2. The quantitative estimate of drug-likeness (QED) is 0.479. The molecule has 9 heteroatoms. The summed E-state index contributed by atoms with van der Waals surface area (Å²) in [6, 6.07) is 10.4. The van der Waals surface area contributed by atoms with E-state index in [9.17, 15) is 18.4 Å². The molecule has 1 atom stereocenters. The van der Waals surface area contributed by atoms with Gasteiger partial charge in [0.1, 0.15) is 17.3 Å². The first-order valence-corrected chi connectivity index (χ1v) is 11.3. The number of hydrogen-bond acceptors (Lipinski definition) is 4. The first kappa shape index (κ1) is 21.3. The van der Waals surface area contributed by atoms with E-state index in [1.807, 2.05) is 35.0 Å². The van der Waals surface area contributed by atoms with Crippen LogP contribution in [0.2, 0.25) is 0 Å². The highest BCUT2D eigenvalue weighted by Gasteiger charge is 2.29. The van der Waals surface area contributed by atoms with Crippen molar-refractivity contribution in [1.29, 1.82) is 0 Å². The number of carbonyl (C=O) groups is 2. The van der Waals surface area contributed by atoms with Crippen LogP contribution in [-0.4, -0.2) is 39.2 Å². The van der Waals surface area contributed by atoms with Gasteiger partial charge in [0, 0.05) is 60.6 Å². The summed E-state index contributed by atoms with van der Waals surface area (Å²) in [5.41, 5.74) is 1.78. The Morgan fingerprint density at radius 2 is 1.91 bits per heavy atom. The van der Waals surface area contributed by atoms with E-state index in [4.69, 9.17) is 0 Å². The standard InChI is InChI=1S/C24H20F2N4O2S/c25-18-10-17(11-19(26)12-18)24(32)30-7-4-16(14-30)20-1-2-21(33-20)23(31)28-13-15-3-6-29-8-5-27-22(29)9-15/h1-3,5-6,8-12,16H,4,7,13-14H2,(H,28,31). The highest BCUT2D eigenvalue weighted by Crippen LogP contribution is 2.33. The van der Waals surface area contributed by atoms with Gasteiger partial charge in [-0.3, -0.25) is 9.59 Å². The molecule has 4 aromatic rings. The molecule has 2 amide bonds. The highest BCUT2D eigenvalue weighted by molar-refractivity contribution is 7.14. The van der Waals surface area contributed by atoms with E-state index < -0.39 is 11.6 Å². The number of aromatic nitrogens is 2. The number of nitrogens with zero attached hydrogens (tertiary/aromatic N) is 3. The van der Waals surface area contributed by atoms with Gasteiger partial charge < -0.3 is 14.6 Å². The van der Waals surface area contributed by atoms with E-state index in [1.54, 1.807) is 17.2 Å². The SMILES string of the molecule is O=C(NCc1ccn2ccnc2c1)c1ccc(C2CCN(C(=O)c3cc(F)cc(F)c3)C2)s1. The summed E-state index contributed by atoms with van der Waals surface area (Å²) >= 11 is 1.41. The smallest absolute Gasteiger partial charge is 0.261 e. The summed E-state index contributed by atoms with van der Waals surface area (Å²) in [7, 11) is 0. The van der Waals surface area contributed by atoms with Crippen molar-refractivity contribution in [3.8, 4) is 0 Å². The maximum atomic E-state index is 13.5. The average molecular weight is 467 g/mol. The van der Waals surface area contributed by atoms with Gasteiger partial charge in [-0.1, -0.05) is 0 Å². The first-order chi connectivity index (χ1) is 16.0. The second kappa shape index (κ2) is 8.74. The molecule has 1 fully saturated rings. The van der Waals surface area contributed by atoms with Crippen LogP contribution in [0.4, 0.5) is 8.78 Å². The van der Waals surface area contributed by atoms with E-state index >= 15 is 0 Å². The monoisotopic (exact) mass is 466 g/mol. The third-order valence-corrected chi connectivity index (χ3v) is 7.00. The third-order valence-electron chi connectivity index (χ3n) is 5.75. The molecule has 168 valence electrons. The maximum Gasteiger partial charge on any atom is 0.261 e. The molecule has 0 radical (unpaired) electrons. The van der Waals surface area contributed by atoms with E-state index in [-0.39, 0.29) is 23.3 Å². The number of hydrogen-bond donors (Lipinski definition) is 1. The fourth-order valence-corrected chi connectivity index (χ4v) is 5.11. The molecule has 1 aliphatic rings. The minimum atomic E-state index is -0.771. The molecule has 0 saturated carbocycles. The minimum Gasteiger partial charge on any atom is -0.347 e. The van der Waals surface area contributed by atoms with Crippen LogP contribution < -0.4 is 5.32 Å². The fourth-order valence-electron chi connectivity index (χ4n) is 4.06. The Morgan fingerprint density at radius 3 is 2.73 bits per heavy atom. The van der Waals surface area contributed by atoms with Crippen molar-refractivity contribution >= 4 is 28.8 Å². The van der Waals surface area contributed by atoms with E-state index in [0.717, 1.165) is 40.7 Å². The number of imidazole rings is 1. The van der Waals surface area contributed by atoms with Crippen molar-refractivity contribution < 1.29 is 18.4 Å². The van der Waals surface area contributed by atoms with Crippen LogP contribution in [0.15, 0.2) is 61.1 Å². The molecule has 1 aliphatic heterocycles. The topological polar surface area (TPSA) is 66.7 Å². The zero-order valence-electron chi connectivity index (χ0n) is 17.5. The van der Waals surface area contributed by atoms with Crippen molar-refractivity contribution in [2.24, 2.45) is 0 Å². The lowest BCUT2D eigenvalue weighted by atomic mass is 10.1. The molecule has 3 aromatic heterocycles. The van der Waals surface area contributed by atoms with Gasteiger partial charge in [0.25, 0.3) is 11.8 Å². The van der Waals surface area contributed by atoms with Crippen LogP contribution in [0.5, 0.6) is 0 Å². The number of rotatable bonds is 5. The van der Waals surface area contributed by atoms with Crippen LogP contribution in [-0.2, 0) is 6.54 Å². The molecule has 1 N–H and O–H groups in total. The van der Waals surface area contributed by atoms with Crippen molar-refractivity contribution in [3.05, 3.63) is 93.6 Å². The number of carbonyl (C=O) groups excluding carboxylic acids is 2. The second-order valence-electron chi connectivity index (χ2n) is 8.01. The molecule has 33 heavy (non-hydrogen) atoms. The van der Waals surface area contributed by atoms with Gasteiger partial charge in [0.2, 0.25) is 0 Å². The molecule has 1 aromatic carbocycles. The summed E-state index contributed by atoms with van der Waals surface area (Å²) in [5, 5.41) is 2.93. The maximum absolute atomic E-state index is 13.5. The van der Waals surface area contributed by atoms with Crippen molar-refractivity contribution in [3.63, 3.8) is 0 Å². The number of likely N-dealkylation sites (tertiary alicyclic amines) is 1. The molecule has 6 nitrogen and oxygen atoms in total. The number of benzene rings is 1. The lowest BCUT2D eigenvalue weighted by Crippen LogP contribution is -2.28. The van der Waals surface area contributed by atoms with Crippen molar-refractivity contribution in [2.75, 3.05) is 13.1 Å². The summed E-state index contributed by atoms with van der Waals surface area (Å²) in [6.07, 6.45) is 6.21. The van der Waals surface area contributed by atoms with E-state index in [1.165, 1.54) is 11.3 Å². The molecule has 0 aliphatic carbocycles. The minimum absolute atomic E-state index is 0.00735. The van der Waals surface area contributed by atoms with Crippen LogP contribution in [0.1, 0.15) is 42.8 Å². The molecule has 5 rings (SSSR count). The van der Waals surface area contributed by atoms with Crippen molar-refractivity contribution in [1.82, 2.24) is 19.6 Å². The van der Waals surface area contributed by atoms with E-state index in [0.29, 0.717) is 24.5 Å². The molecule has 4 heterocycles. The third kappa shape index (κ3) is 4.49. The summed E-state index contributed by atoms with van der Waals surface area (Å²) in [6.45, 7) is 1.34. The van der Waals surface area contributed by atoms with Gasteiger partial charge in [-0.15, -0.1) is 11.3 Å². The highest BCUT2D eigenvalue weighted by atomic mass is 32.1. The van der Waals surface area contributed by atoms with Crippen molar-refractivity contribution in [2.45, 2.75) is 18.9 Å². The van der Waals surface area contributed by atoms with Gasteiger partial charge in [-0.25, -0.2) is 13.8 Å². The van der Waals surface area contributed by atoms with E-state index in [2.05, 4.69) is 10.3 Å². The number of pyridine rings is 1. The number of nitrogens with one attached hydrogen (secondary N) is 1. The van der Waals surface area contributed by atoms with Gasteiger partial charge in [0.15, 0.2) is 0 Å². The normalized spacial score (nSPS) is 15.8. The van der Waals surface area contributed by atoms with Gasteiger partial charge >= 0.3 is 0 Å². The average Bonchev–Trinajstić information content (AvgIpc) is 3.56. The summed E-state index contributed by atoms with van der Waals surface area (Å²) < 4.78 is 28.8. The van der Waals surface area contributed by atoms with Crippen LogP contribution in [0.25, 0.3) is 5.65 Å². The molecule has 0 spiro atoms. The molecule has 0 bridgehead atoms. The first-order valence-electron chi connectivity index (χ1n) is 10.5. The Morgan fingerprint density at radius 1 is 1.09 bits per heavy atom.